The van der Waals surface area contributed by atoms with Crippen LogP contribution in [-0.2, 0) is 9.53 Å². The summed E-state index contributed by atoms with van der Waals surface area (Å²) in [5, 5.41) is 3.12. The summed E-state index contributed by atoms with van der Waals surface area (Å²) >= 11 is 5.83. The van der Waals surface area contributed by atoms with Gasteiger partial charge in [0, 0.05) is 10.7 Å². The Hall–Kier alpha value is -2.67. The molecule has 0 aromatic heterocycles. The second kappa shape index (κ2) is 8.43. The lowest BCUT2D eigenvalue weighted by molar-refractivity contribution is -0.119. The molecule has 0 bridgehead atoms. The Morgan fingerprint density at radius 2 is 1.96 bits per heavy atom. The van der Waals surface area contributed by atoms with E-state index in [0.717, 1.165) is 11.6 Å². The number of carbonyl (C=O) groups is 2. The van der Waals surface area contributed by atoms with Crippen molar-refractivity contribution in [1.82, 2.24) is 0 Å². The van der Waals surface area contributed by atoms with Gasteiger partial charge in [-0.3, -0.25) is 4.79 Å². The summed E-state index contributed by atoms with van der Waals surface area (Å²) in [5.41, 5.74) is 1.29. The lowest BCUT2D eigenvalue weighted by atomic mass is 10.2. The zero-order valence-corrected chi connectivity index (χ0v) is 13.8. The quantitative estimate of drug-likeness (QED) is 0.780. The summed E-state index contributed by atoms with van der Waals surface area (Å²) in [7, 11) is 0. The van der Waals surface area contributed by atoms with Crippen LogP contribution < -0.4 is 10.1 Å². The van der Waals surface area contributed by atoms with Gasteiger partial charge in [0.1, 0.15) is 5.75 Å². The van der Waals surface area contributed by atoms with E-state index in [1.165, 1.54) is 18.2 Å². The van der Waals surface area contributed by atoms with Crippen LogP contribution in [0.5, 0.6) is 5.75 Å². The average Bonchev–Trinajstić information content (AvgIpc) is 2.55. The second-order valence-electron chi connectivity index (χ2n) is 4.99. The predicted molar refractivity (Wildman–Crippen MR) is 88.2 cm³/mol. The van der Waals surface area contributed by atoms with Gasteiger partial charge in [0.15, 0.2) is 6.61 Å². The molecule has 1 amide bonds. The second-order valence-corrected chi connectivity index (χ2v) is 5.43. The van der Waals surface area contributed by atoms with Crippen LogP contribution in [0, 0.1) is 6.92 Å². The number of alkyl halides is 2. The Labute approximate surface area is 147 Å². The van der Waals surface area contributed by atoms with Crippen LogP contribution in [0.15, 0.2) is 42.5 Å². The number of carbonyl (C=O) groups excluding carboxylic acids is 2. The third kappa shape index (κ3) is 5.72. The molecule has 1 N–H and O–H groups in total. The van der Waals surface area contributed by atoms with Crippen LogP contribution in [0.4, 0.5) is 14.5 Å². The summed E-state index contributed by atoms with van der Waals surface area (Å²) in [6.45, 7) is -1.76. The molecule has 0 unspecified atom stereocenters. The van der Waals surface area contributed by atoms with Crippen LogP contribution in [-0.4, -0.2) is 25.1 Å². The van der Waals surface area contributed by atoms with Gasteiger partial charge in [0.25, 0.3) is 5.91 Å². The Kier molecular flexibility index (Phi) is 6.30. The first-order valence-electron chi connectivity index (χ1n) is 7.13. The maximum Gasteiger partial charge on any atom is 0.387 e. The Bertz CT molecular complexity index is 783. The van der Waals surface area contributed by atoms with Crippen molar-refractivity contribution >= 4 is 29.2 Å². The first kappa shape index (κ1) is 18.7. The van der Waals surface area contributed by atoms with Gasteiger partial charge in [0.05, 0.1) is 5.56 Å². The maximum atomic E-state index is 12.2. The van der Waals surface area contributed by atoms with Gasteiger partial charge in [-0.2, -0.15) is 8.78 Å². The van der Waals surface area contributed by atoms with Crippen molar-refractivity contribution in [2.45, 2.75) is 13.5 Å². The number of aryl methyl sites for hydroxylation is 1. The third-order valence-electron chi connectivity index (χ3n) is 3.09. The van der Waals surface area contributed by atoms with E-state index in [-0.39, 0.29) is 11.3 Å². The van der Waals surface area contributed by atoms with Crippen molar-refractivity contribution in [3.8, 4) is 5.75 Å². The molecule has 132 valence electrons. The number of ether oxygens (including phenoxy) is 2. The standard InChI is InChI=1S/C17H14ClF2NO4/c1-10-7-12(18)5-6-14(10)21-15(22)9-24-16(23)11-3-2-4-13(8-11)25-17(19)20/h2-8,17H,9H2,1H3,(H,21,22). The van der Waals surface area contributed by atoms with E-state index >= 15 is 0 Å². The molecule has 0 aliphatic carbocycles. The van der Waals surface area contributed by atoms with E-state index in [1.807, 2.05) is 0 Å². The number of amides is 1. The highest BCUT2D eigenvalue weighted by atomic mass is 35.5. The van der Waals surface area contributed by atoms with Crippen molar-refractivity contribution in [3.63, 3.8) is 0 Å². The summed E-state index contributed by atoms with van der Waals surface area (Å²) in [6, 6.07) is 10.0. The van der Waals surface area contributed by atoms with E-state index in [1.54, 1.807) is 25.1 Å². The molecule has 0 fully saturated rings. The molecule has 0 saturated carbocycles. The minimum absolute atomic E-state index is 0.00590. The fourth-order valence-corrected chi connectivity index (χ4v) is 2.19. The number of benzene rings is 2. The highest BCUT2D eigenvalue weighted by Gasteiger charge is 2.13. The van der Waals surface area contributed by atoms with E-state index in [2.05, 4.69) is 10.1 Å². The molecule has 0 radical (unpaired) electrons. The fraction of sp³-hybridized carbons (Fsp3) is 0.176. The lowest BCUT2D eigenvalue weighted by Gasteiger charge is -2.10. The van der Waals surface area contributed by atoms with Gasteiger partial charge in [-0.05, 0) is 48.9 Å². The molecule has 0 spiro atoms. The molecule has 2 rings (SSSR count). The van der Waals surface area contributed by atoms with Gasteiger partial charge >= 0.3 is 12.6 Å². The number of esters is 1. The predicted octanol–water partition coefficient (Wildman–Crippen LogP) is 4.05. The molecule has 0 heterocycles. The van der Waals surface area contributed by atoms with Crippen LogP contribution in [0.3, 0.4) is 0 Å². The van der Waals surface area contributed by atoms with Crippen molar-refractivity contribution < 1.29 is 27.8 Å². The Balaban J connectivity index is 1.92. The van der Waals surface area contributed by atoms with E-state index < -0.39 is 25.1 Å². The summed E-state index contributed by atoms with van der Waals surface area (Å²) in [4.78, 5) is 23.7. The molecular formula is C17H14ClF2NO4. The highest BCUT2D eigenvalue weighted by Crippen LogP contribution is 2.20. The molecule has 2 aromatic rings. The van der Waals surface area contributed by atoms with E-state index in [0.29, 0.717) is 10.7 Å². The number of halogens is 3. The third-order valence-corrected chi connectivity index (χ3v) is 3.33. The van der Waals surface area contributed by atoms with Gasteiger partial charge in [-0.1, -0.05) is 17.7 Å². The molecule has 8 heteroatoms. The van der Waals surface area contributed by atoms with Crippen LogP contribution >= 0.6 is 11.6 Å². The minimum atomic E-state index is -3.00. The molecule has 25 heavy (non-hydrogen) atoms. The first-order chi connectivity index (χ1) is 11.8. The van der Waals surface area contributed by atoms with Crippen molar-refractivity contribution in [3.05, 3.63) is 58.6 Å². The number of rotatable bonds is 6. The monoisotopic (exact) mass is 369 g/mol. The number of hydrogen-bond donors (Lipinski definition) is 1. The van der Waals surface area contributed by atoms with Gasteiger partial charge < -0.3 is 14.8 Å². The summed E-state index contributed by atoms with van der Waals surface area (Å²) < 4.78 is 33.4. The highest BCUT2D eigenvalue weighted by molar-refractivity contribution is 6.30. The smallest absolute Gasteiger partial charge is 0.387 e. The molecule has 2 aromatic carbocycles. The maximum absolute atomic E-state index is 12.2. The SMILES string of the molecule is Cc1cc(Cl)ccc1NC(=O)COC(=O)c1cccc(OC(F)F)c1. The Morgan fingerprint density at radius 3 is 2.64 bits per heavy atom. The average molecular weight is 370 g/mol. The van der Waals surface area contributed by atoms with E-state index in [4.69, 9.17) is 16.3 Å². The Morgan fingerprint density at radius 1 is 1.20 bits per heavy atom. The topological polar surface area (TPSA) is 64.6 Å². The molecule has 0 aliphatic heterocycles. The zero-order chi connectivity index (χ0) is 18.4. The first-order valence-corrected chi connectivity index (χ1v) is 7.51. The molecule has 5 nitrogen and oxygen atoms in total. The van der Waals surface area contributed by atoms with Crippen molar-refractivity contribution in [1.29, 1.82) is 0 Å². The summed E-state index contributed by atoms with van der Waals surface area (Å²) in [5.74, 6) is -1.55. The normalized spacial score (nSPS) is 10.4. The van der Waals surface area contributed by atoms with Gasteiger partial charge in [-0.15, -0.1) is 0 Å². The number of nitrogens with one attached hydrogen (secondary N) is 1. The number of anilines is 1. The van der Waals surface area contributed by atoms with Crippen molar-refractivity contribution in [2.75, 3.05) is 11.9 Å². The molecule has 0 aliphatic rings. The molecule has 0 atom stereocenters. The number of hydrogen-bond acceptors (Lipinski definition) is 4. The fourth-order valence-electron chi connectivity index (χ4n) is 1.97. The van der Waals surface area contributed by atoms with E-state index in [9.17, 15) is 18.4 Å². The van der Waals surface area contributed by atoms with Crippen LogP contribution in [0.25, 0.3) is 0 Å². The lowest BCUT2D eigenvalue weighted by Crippen LogP contribution is -2.21. The van der Waals surface area contributed by atoms with Crippen LogP contribution in [0.2, 0.25) is 5.02 Å². The molecular weight excluding hydrogens is 356 g/mol. The molecule has 0 saturated heterocycles. The largest absolute Gasteiger partial charge is 0.452 e. The van der Waals surface area contributed by atoms with Crippen molar-refractivity contribution in [2.24, 2.45) is 0 Å². The summed E-state index contributed by atoms with van der Waals surface area (Å²) in [6.07, 6.45) is 0. The van der Waals surface area contributed by atoms with Gasteiger partial charge in [0.2, 0.25) is 0 Å². The zero-order valence-electron chi connectivity index (χ0n) is 13.1. The van der Waals surface area contributed by atoms with Crippen LogP contribution in [0.1, 0.15) is 15.9 Å². The van der Waals surface area contributed by atoms with Gasteiger partial charge in [-0.25, -0.2) is 4.79 Å². The minimum Gasteiger partial charge on any atom is -0.452 e.